The minimum atomic E-state index is -0.816. The van der Waals surface area contributed by atoms with Crippen molar-refractivity contribution in [3.8, 4) is 5.75 Å². The molecule has 2 aliphatic heterocycles. The Balaban J connectivity index is 1.94. The molecule has 1 aromatic carbocycles. The van der Waals surface area contributed by atoms with E-state index in [2.05, 4.69) is 0 Å². The molecule has 1 aliphatic carbocycles. The van der Waals surface area contributed by atoms with Gasteiger partial charge in [-0.2, -0.15) is 0 Å². The average Bonchev–Trinajstić information content (AvgIpc) is 2.90. The molecule has 0 unspecified atom stereocenters. The third-order valence-corrected chi connectivity index (χ3v) is 4.53. The van der Waals surface area contributed by atoms with Gasteiger partial charge in [-0.3, -0.25) is 14.4 Å². The zero-order chi connectivity index (χ0) is 16.3. The first-order chi connectivity index (χ1) is 11.0. The Bertz CT molecular complexity index is 790. The molecule has 4 rings (SSSR count). The molecule has 1 saturated heterocycles. The summed E-state index contributed by atoms with van der Waals surface area (Å²) in [5.74, 6) is -0.686. The van der Waals surface area contributed by atoms with Crippen LogP contribution >= 0.6 is 0 Å². The van der Waals surface area contributed by atoms with E-state index in [1.54, 1.807) is 25.1 Å². The summed E-state index contributed by atoms with van der Waals surface area (Å²) >= 11 is 0. The maximum absolute atomic E-state index is 13.0. The van der Waals surface area contributed by atoms with Gasteiger partial charge in [0.2, 0.25) is 0 Å². The normalized spacial score (nSPS) is 29.0. The van der Waals surface area contributed by atoms with Crippen LogP contribution in [0.1, 0.15) is 34.1 Å². The van der Waals surface area contributed by atoms with Crippen molar-refractivity contribution in [2.24, 2.45) is 0 Å². The fourth-order valence-corrected chi connectivity index (χ4v) is 3.57. The zero-order valence-corrected chi connectivity index (χ0v) is 12.6. The Morgan fingerprint density at radius 3 is 2.65 bits per heavy atom. The molecule has 0 aromatic heterocycles. The van der Waals surface area contributed by atoms with Gasteiger partial charge in [0, 0.05) is 11.1 Å². The van der Waals surface area contributed by atoms with Gasteiger partial charge >= 0.3 is 5.97 Å². The van der Waals surface area contributed by atoms with Gasteiger partial charge in [-0.05, 0) is 13.0 Å². The van der Waals surface area contributed by atoms with E-state index < -0.39 is 24.3 Å². The molecular formula is C17H14O6. The molecule has 6 heteroatoms. The molecule has 118 valence electrons. The number of fused-ring (bicyclic) bond motifs is 3. The lowest BCUT2D eigenvalue weighted by Gasteiger charge is -2.35. The van der Waals surface area contributed by atoms with E-state index in [1.165, 1.54) is 7.11 Å². The van der Waals surface area contributed by atoms with Crippen LogP contribution in [0.2, 0.25) is 0 Å². The highest BCUT2D eigenvalue weighted by Gasteiger charge is 2.51. The number of Topliss-reactive ketones (excluding diaryl/α,β-unsaturated/α-hetero) is 2. The van der Waals surface area contributed by atoms with Crippen molar-refractivity contribution in [3.05, 3.63) is 40.5 Å². The third-order valence-electron chi connectivity index (χ3n) is 4.53. The van der Waals surface area contributed by atoms with Crippen molar-refractivity contribution in [2.45, 2.75) is 31.7 Å². The summed E-state index contributed by atoms with van der Waals surface area (Å²) in [5.41, 5.74) is 1.05. The predicted molar refractivity (Wildman–Crippen MR) is 77.5 cm³/mol. The van der Waals surface area contributed by atoms with Crippen LogP contribution in [0.4, 0.5) is 0 Å². The van der Waals surface area contributed by atoms with Gasteiger partial charge in [0.15, 0.2) is 17.7 Å². The highest BCUT2D eigenvalue weighted by Crippen LogP contribution is 2.42. The summed E-state index contributed by atoms with van der Waals surface area (Å²) in [7, 11) is 1.45. The highest BCUT2D eigenvalue weighted by atomic mass is 16.6. The second-order valence-corrected chi connectivity index (χ2v) is 5.80. The highest BCUT2D eigenvalue weighted by molar-refractivity contribution is 6.29. The van der Waals surface area contributed by atoms with Crippen molar-refractivity contribution >= 4 is 17.5 Å². The number of benzene rings is 1. The van der Waals surface area contributed by atoms with Crippen molar-refractivity contribution in [1.29, 1.82) is 0 Å². The maximum Gasteiger partial charge on any atom is 0.309 e. The summed E-state index contributed by atoms with van der Waals surface area (Å²) in [6, 6.07) is 4.90. The van der Waals surface area contributed by atoms with Crippen LogP contribution in [0.25, 0.3) is 0 Å². The molecule has 3 atom stereocenters. The molecule has 3 aliphatic rings. The first kappa shape index (κ1) is 14.1. The summed E-state index contributed by atoms with van der Waals surface area (Å²) in [5, 5.41) is 0. The van der Waals surface area contributed by atoms with E-state index in [1.807, 2.05) is 0 Å². The monoisotopic (exact) mass is 314 g/mol. The summed E-state index contributed by atoms with van der Waals surface area (Å²) in [4.78, 5) is 37.5. The van der Waals surface area contributed by atoms with Gasteiger partial charge < -0.3 is 14.2 Å². The lowest BCUT2D eigenvalue weighted by Crippen LogP contribution is -2.44. The molecule has 6 nitrogen and oxygen atoms in total. The molecule has 0 radical (unpaired) electrons. The van der Waals surface area contributed by atoms with Gasteiger partial charge in [0.1, 0.15) is 11.9 Å². The number of ether oxygens (including phenoxy) is 3. The van der Waals surface area contributed by atoms with Crippen LogP contribution in [0.5, 0.6) is 5.75 Å². The first-order valence-corrected chi connectivity index (χ1v) is 7.38. The molecule has 0 bridgehead atoms. The minimum Gasteiger partial charge on any atom is -0.496 e. The molecule has 2 heterocycles. The largest absolute Gasteiger partial charge is 0.496 e. The summed E-state index contributed by atoms with van der Waals surface area (Å²) in [6.07, 6.45) is -1.81. The lowest BCUT2D eigenvalue weighted by atomic mass is 9.77. The van der Waals surface area contributed by atoms with Gasteiger partial charge in [0.25, 0.3) is 0 Å². The van der Waals surface area contributed by atoms with Crippen LogP contribution in [-0.2, 0) is 14.3 Å². The Morgan fingerprint density at radius 2 is 1.91 bits per heavy atom. The fraction of sp³-hybridized carbons (Fsp3) is 0.353. The quantitative estimate of drug-likeness (QED) is 0.731. The van der Waals surface area contributed by atoms with Gasteiger partial charge in [-0.15, -0.1) is 0 Å². The van der Waals surface area contributed by atoms with Crippen LogP contribution < -0.4 is 4.74 Å². The van der Waals surface area contributed by atoms with E-state index in [0.29, 0.717) is 11.3 Å². The average molecular weight is 314 g/mol. The molecule has 1 fully saturated rings. The number of methoxy groups -OCH3 is 1. The standard InChI is InChI=1S/C17H14O6/c1-7-12-14(17-10(22-7)6-11(18)23-17)16(20)13-8(15(12)19)4-3-5-9(13)21-2/h3-5,7,10,17H,6H2,1-2H3/t7-,10-,17+/m0/s1. The molecule has 0 saturated carbocycles. The topological polar surface area (TPSA) is 78.9 Å². The van der Waals surface area contributed by atoms with Gasteiger partial charge in [-0.1, -0.05) is 12.1 Å². The van der Waals surface area contributed by atoms with E-state index in [0.717, 1.165) is 0 Å². The first-order valence-electron chi connectivity index (χ1n) is 7.38. The lowest BCUT2D eigenvalue weighted by molar-refractivity contribution is -0.140. The smallest absolute Gasteiger partial charge is 0.309 e. The number of hydrogen-bond acceptors (Lipinski definition) is 6. The molecule has 0 N–H and O–H groups in total. The molecular weight excluding hydrogens is 300 g/mol. The number of esters is 1. The van der Waals surface area contributed by atoms with E-state index >= 15 is 0 Å². The molecule has 1 aromatic rings. The second kappa shape index (κ2) is 4.76. The van der Waals surface area contributed by atoms with Gasteiger partial charge in [0.05, 0.1) is 30.8 Å². The molecule has 0 spiro atoms. The maximum atomic E-state index is 13.0. The summed E-state index contributed by atoms with van der Waals surface area (Å²) in [6.45, 7) is 1.71. The fourth-order valence-electron chi connectivity index (χ4n) is 3.57. The number of carbonyl (C=O) groups excluding carboxylic acids is 3. The van der Waals surface area contributed by atoms with E-state index in [9.17, 15) is 14.4 Å². The minimum absolute atomic E-state index is 0.0893. The van der Waals surface area contributed by atoms with Crippen LogP contribution in [0.3, 0.4) is 0 Å². The van der Waals surface area contributed by atoms with Crippen molar-refractivity contribution in [1.82, 2.24) is 0 Å². The predicted octanol–water partition coefficient (Wildman–Crippen LogP) is 1.47. The Kier molecular flexibility index (Phi) is 2.93. The van der Waals surface area contributed by atoms with Gasteiger partial charge in [-0.25, -0.2) is 0 Å². The number of rotatable bonds is 1. The Labute approximate surface area is 132 Å². The third kappa shape index (κ3) is 1.81. The van der Waals surface area contributed by atoms with Crippen molar-refractivity contribution < 1.29 is 28.6 Å². The summed E-state index contributed by atoms with van der Waals surface area (Å²) < 4.78 is 16.2. The Morgan fingerprint density at radius 1 is 1.13 bits per heavy atom. The number of carbonyl (C=O) groups is 3. The van der Waals surface area contributed by atoms with Crippen molar-refractivity contribution in [3.63, 3.8) is 0 Å². The van der Waals surface area contributed by atoms with Crippen molar-refractivity contribution in [2.75, 3.05) is 7.11 Å². The van der Waals surface area contributed by atoms with E-state index in [4.69, 9.17) is 14.2 Å². The number of hydrogen-bond donors (Lipinski definition) is 0. The SMILES string of the molecule is COc1cccc2c1C(=O)C1=C(C2=O)[C@H](C)O[C@H]2CC(=O)O[C@@H]12. The second-order valence-electron chi connectivity index (χ2n) is 5.80. The van der Waals surface area contributed by atoms with Crippen LogP contribution in [0, 0.1) is 0 Å². The Hall–Kier alpha value is -2.47. The van der Waals surface area contributed by atoms with Crippen LogP contribution in [0.15, 0.2) is 29.3 Å². The molecule has 23 heavy (non-hydrogen) atoms. The van der Waals surface area contributed by atoms with E-state index in [-0.39, 0.29) is 34.7 Å². The molecule has 0 amide bonds. The zero-order valence-electron chi connectivity index (χ0n) is 12.6. The number of ketones is 2. The van der Waals surface area contributed by atoms with Crippen LogP contribution in [-0.4, -0.2) is 43.0 Å².